The Labute approximate surface area is 201 Å². The van der Waals surface area contributed by atoms with Gasteiger partial charge in [0.25, 0.3) is 0 Å². The summed E-state index contributed by atoms with van der Waals surface area (Å²) in [7, 11) is 0. The molecule has 4 atom stereocenters. The number of carbonyl (C=O) groups excluding carboxylic acids is 3. The SMILES string of the molecule is CCC(C)C(N)C(=O)NC(Cc1c[nH]c2ccccc12)C(=O)NCC(=O)NC(CC(=O)O)C(=O)O. The van der Waals surface area contributed by atoms with E-state index in [0.717, 1.165) is 16.5 Å². The lowest BCUT2D eigenvalue weighted by Gasteiger charge is -2.23. The van der Waals surface area contributed by atoms with Crippen LogP contribution in [0.4, 0.5) is 0 Å². The van der Waals surface area contributed by atoms with Crippen LogP contribution in [0.3, 0.4) is 0 Å². The van der Waals surface area contributed by atoms with E-state index in [1.165, 1.54) is 0 Å². The molecule has 0 spiro atoms. The van der Waals surface area contributed by atoms with E-state index >= 15 is 0 Å². The van der Waals surface area contributed by atoms with E-state index in [1.54, 1.807) is 6.20 Å². The molecule has 3 amide bonds. The summed E-state index contributed by atoms with van der Waals surface area (Å²) in [5.41, 5.74) is 7.62. The summed E-state index contributed by atoms with van der Waals surface area (Å²) in [5.74, 6) is -5.13. The molecule has 0 aliphatic carbocycles. The summed E-state index contributed by atoms with van der Waals surface area (Å²) in [5, 5.41) is 25.8. The maximum atomic E-state index is 12.9. The second-order valence-corrected chi connectivity index (χ2v) is 8.31. The van der Waals surface area contributed by atoms with Crippen molar-refractivity contribution in [3.05, 3.63) is 36.0 Å². The van der Waals surface area contributed by atoms with Gasteiger partial charge in [0.1, 0.15) is 12.1 Å². The normalized spacial score (nSPS) is 14.4. The minimum Gasteiger partial charge on any atom is -0.481 e. The van der Waals surface area contributed by atoms with Gasteiger partial charge >= 0.3 is 11.9 Å². The van der Waals surface area contributed by atoms with E-state index in [0.29, 0.717) is 6.42 Å². The van der Waals surface area contributed by atoms with Crippen LogP contribution in [-0.2, 0) is 30.4 Å². The van der Waals surface area contributed by atoms with E-state index in [1.807, 2.05) is 43.4 Å². The summed E-state index contributed by atoms with van der Waals surface area (Å²) in [6, 6.07) is 3.87. The molecule has 0 saturated carbocycles. The Kier molecular flexibility index (Phi) is 9.76. The van der Waals surface area contributed by atoms with Crippen molar-refractivity contribution in [1.82, 2.24) is 20.9 Å². The lowest BCUT2D eigenvalue weighted by molar-refractivity contribution is -0.147. The Morgan fingerprint density at radius 1 is 1.03 bits per heavy atom. The molecular formula is C23H31N5O7. The van der Waals surface area contributed by atoms with Crippen molar-refractivity contribution < 1.29 is 34.2 Å². The molecule has 0 bridgehead atoms. The van der Waals surface area contributed by atoms with Gasteiger partial charge in [0.2, 0.25) is 17.7 Å². The molecule has 12 heteroatoms. The molecule has 0 aliphatic rings. The first-order chi connectivity index (χ1) is 16.5. The van der Waals surface area contributed by atoms with E-state index in [-0.39, 0.29) is 12.3 Å². The van der Waals surface area contributed by atoms with Crippen molar-refractivity contribution in [2.24, 2.45) is 11.7 Å². The van der Waals surface area contributed by atoms with E-state index < -0.39 is 60.8 Å². The monoisotopic (exact) mass is 489 g/mol. The maximum Gasteiger partial charge on any atom is 0.326 e. The average molecular weight is 490 g/mol. The molecule has 8 N–H and O–H groups in total. The van der Waals surface area contributed by atoms with Gasteiger partial charge in [-0.05, 0) is 17.5 Å². The van der Waals surface area contributed by atoms with Gasteiger partial charge in [0.05, 0.1) is 19.0 Å². The molecule has 0 radical (unpaired) electrons. The van der Waals surface area contributed by atoms with Crippen molar-refractivity contribution >= 4 is 40.6 Å². The van der Waals surface area contributed by atoms with Crippen molar-refractivity contribution in [3.63, 3.8) is 0 Å². The smallest absolute Gasteiger partial charge is 0.326 e. The van der Waals surface area contributed by atoms with Gasteiger partial charge in [0, 0.05) is 23.5 Å². The first-order valence-electron chi connectivity index (χ1n) is 11.2. The van der Waals surface area contributed by atoms with Gasteiger partial charge in [-0.3, -0.25) is 19.2 Å². The number of aliphatic carboxylic acids is 2. The third kappa shape index (κ3) is 7.81. The van der Waals surface area contributed by atoms with Gasteiger partial charge in [-0.1, -0.05) is 38.5 Å². The number of benzene rings is 1. The molecule has 0 fully saturated rings. The summed E-state index contributed by atoms with van der Waals surface area (Å²) in [4.78, 5) is 62.8. The summed E-state index contributed by atoms with van der Waals surface area (Å²) < 4.78 is 0. The van der Waals surface area contributed by atoms with Crippen molar-refractivity contribution in [1.29, 1.82) is 0 Å². The molecule has 2 rings (SSSR count). The zero-order valence-electron chi connectivity index (χ0n) is 19.5. The Balaban J connectivity index is 2.13. The number of nitrogens with one attached hydrogen (secondary N) is 4. The predicted octanol–water partition coefficient (Wildman–Crippen LogP) is -0.271. The Morgan fingerprint density at radius 2 is 1.71 bits per heavy atom. The molecule has 1 aromatic carbocycles. The van der Waals surface area contributed by atoms with Gasteiger partial charge in [0.15, 0.2) is 0 Å². The van der Waals surface area contributed by atoms with Crippen LogP contribution < -0.4 is 21.7 Å². The van der Waals surface area contributed by atoms with E-state index in [2.05, 4.69) is 15.6 Å². The quantitative estimate of drug-likeness (QED) is 0.199. The third-order valence-corrected chi connectivity index (χ3v) is 5.73. The van der Waals surface area contributed by atoms with Crippen LogP contribution in [0.25, 0.3) is 10.9 Å². The molecule has 1 aromatic heterocycles. The van der Waals surface area contributed by atoms with Crippen LogP contribution >= 0.6 is 0 Å². The predicted molar refractivity (Wildman–Crippen MR) is 126 cm³/mol. The third-order valence-electron chi connectivity index (χ3n) is 5.73. The van der Waals surface area contributed by atoms with Crippen LogP contribution in [0.1, 0.15) is 32.3 Å². The average Bonchev–Trinajstić information content (AvgIpc) is 3.23. The zero-order chi connectivity index (χ0) is 26.1. The van der Waals surface area contributed by atoms with Gasteiger partial charge < -0.3 is 36.9 Å². The number of fused-ring (bicyclic) bond motifs is 1. The molecule has 1 heterocycles. The number of hydrogen-bond acceptors (Lipinski definition) is 6. The van der Waals surface area contributed by atoms with Crippen LogP contribution in [0, 0.1) is 5.92 Å². The number of carboxylic acid groups (broad SMARTS) is 2. The second kappa shape index (κ2) is 12.5. The van der Waals surface area contributed by atoms with Crippen molar-refractivity contribution in [2.45, 2.75) is 51.2 Å². The summed E-state index contributed by atoms with van der Waals surface area (Å²) >= 11 is 0. The Hall–Kier alpha value is -3.93. The van der Waals surface area contributed by atoms with Crippen LogP contribution in [0.2, 0.25) is 0 Å². The highest BCUT2D eigenvalue weighted by Crippen LogP contribution is 2.19. The van der Waals surface area contributed by atoms with Gasteiger partial charge in [-0.15, -0.1) is 0 Å². The number of rotatable bonds is 13. The molecular weight excluding hydrogens is 458 g/mol. The zero-order valence-corrected chi connectivity index (χ0v) is 19.5. The fraction of sp³-hybridized carbons (Fsp3) is 0.435. The number of aromatic amines is 1. The largest absolute Gasteiger partial charge is 0.481 e. The number of hydrogen-bond donors (Lipinski definition) is 7. The lowest BCUT2D eigenvalue weighted by atomic mass is 9.98. The first kappa shape index (κ1) is 27.3. The van der Waals surface area contributed by atoms with E-state index in [4.69, 9.17) is 15.9 Å². The fourth-order valence-electron chi connectivity index (χ4n) is 3.42. The van der Waals surface area contributed by atoms with Crippen LogP contribution in [0.15, 0.2) is 30.5 Å². The molecule has 190 valence electrons. The van der Waals surface area contributed by atoms with Crippen LogP contribution in [0.5, 0.6) is 0 Å². The van der Waals surface area contributed by atoms with Gasteiger partial charge in [-0.25, -0.2) is 4.79 Å². The van der Waals surface area contributed by atoms with Gasteiger partial charge in [-0.2, -0.15) is 0 Å². The number of aromatic nitrogens is 1. The Bertz CT molecular complexity index is 1080. The standard InChI is InChI=1S/C23H31N5O7/c1-3-12(2)20(24)22(33)28-16(8-13-10-25-15-7-5-4-6-14(13)15)21(32)26-11-18(29)27-17(23(34)35)9-19(30)31/h4-7,10,12,16-17,20,25H,3,8-9,11,24H2,1-2H3,(H,26,32)(H,27,29)(H,28,33)(H,30,31)(H,34,35). The number of amides is 3. The van der Waals surface area contributed by atoms with Crippen LogP contribution in [-0.4, -0.2) is 69.5 Å². The topological polar surface area (TPSA) is 204 Å². The Morgan fingerprint density at radius 3 is 2.34 bits per heavy atom. The molecule has 0 saturated heterocycles. The molecule has 2 aromatic rings. The summed E-state index contributed by atoms with van der Waals surface area (Å²) in [6.45, 7) is 3.10. The molecule has 35 heavy (non-hydrogen) atoms. The highest BCUT2D eigenvalue weighted by atomic mass is 16.4. The number of para-hydroxylation sites is 1. The second-order valence-electron chi connectivity index (χ2n) is 8.31. The number of carboxylic acids is 2. The highest BCUT2D eigenvalue weighted by Gasteiger charge is 2.28. The highest BCUT2D eigenvalue weighted by molar-refractivity contribution is 5.94. The van der Waals surface area contributed by atoms with Crippen molar-refractivity contribution in [2.75, 3.05) is 6.54 Å². The fourth-order valence-corrected chi connectivity index (χ4v) is 3.42. The number of carbonyl (C=O) groups is 5. The molecule has 12 nitrogen and oxygen atoms in total. The number of nitrogens with two attached hydrogens (primary N) is 1. The summed E-state index contributed by atoms with van der Waals surface area (Å²) in [6.07, 6.45) is 1.67. The minimum atomic E-state index is -1.65. The number of H-pyrrole nitrogens is 1. The molecule has 4 unspecified atom stereocenters. The minimum absolute atomic E-state index is 0.104. The first-order valence-corrected chi connectivity index (χ1v) is 11.2. The lowest BCUT2D eigenvalue weighted by Crippen LogP contribution is -2.55. The maximum absolute atomic E-state index is 12.9. The molecule has 0 aliphatic heterocycles. The van der Waals surface area contributed by atoms with Crippen molar-refractivity contribution in [3.8, 4) is 0 Å². The van der Waals surface area contributed by atoms with E-state index in [9.17, 15) is 24.0 Å².